The maximum absolute atomic E-state index is 4.46. The van der Waals surface area contributed by atoms with Crippen LogP contribution in [0, 0.1) is 0 Å². The van der Waals surface area contributed by atoms with Crippen LogP contribution >= 0.6 is 22.7 Å². The number of hydrogen-bond acceptors (Lipinski definition) is 5. The van der Waals surface area contributed by atoms with E-state index in [-0.39, 0.29) is 0 Å². The van der Waals surface area contributed by atoms with E-state index >= 15 is 0 Å². The molecule has 5 nitrogen and oxygen atoms in total. The maximum atomic E-state index is 4.46. The highest BCUT2D eigenvalue weighted by Gasteiger charge is 2.24. The average molecular weight is 378 g/mol. The van der Waals surface area contributed by atoms with E-state index < -0.39 is 0 Å². The van der Waals surface area contributed by atoms with Gasteiger partial charge in [0.25, 0.3) is 0 Å². The Morgan fingerprint density at radius 2 is 2.20 bits per heavy atom. The minimum atomic E-state index is 0.424. The van der Waals surface area contributed by atoms with Gasteiger partial charge in [0.05, 0.1) is 12.6 Å². The first-order valence-electron chi connectivity index (χ1n) is 8.95. The Labute approximate surface area is 158 Å². The molecular weight excluding hydrogens is 350 g/mol. The second-order valence-electron chi connectivity index (χ2n) is 6.15. The van der Waals surface area contributed by atoms with E-state index in [0.717, 1.165) is 30.5 Å². The van der Waals surface area contributed by atoms with Crippen LogP contribution in [0.15, 0.2) is 28.7 Å². The number of thiophene rings is 1. The molecule has 3 rings (SSSR count). The standard InChI is InChI=1S/C18H27N5S2/c1-3-14-11-20-17(25-14)13-22-18(19-2)21-12-15(16-7-6-10-24-16)23-8-4-5-9-23/h6-7,10-11,15H,3-5,8-9,12-13H2,1-2H3,(H2,19,21,22). The van der Waals surface area contributed by atoms with Crippen molar-refractivity contribution in [2.45, 2.75) is 38.8 Å². The number of aromatic nitrogens is 1. The van der Waals surface area contributed by atoms with Gasteiger partial charge in [-0.1, -0.05) is 13.0 Å². The smallest absolute Gasteiger partial charge is 0.191 e. The zero-order chi connectivity index (χ0) is 17.5. The number of likely N-dealkylation sites (tertiary alicyclic amines) is 1. The van der Waals surface area contributed by atoms with Gasteiger partial charge in [0.15, 0.2) is 5.96 Å². The van der Waals surface area contributed by atoms with Gasteiger partial charge in [-0.3, -0.25) is 9.89 Å². The zero-order valence-electron chi connectivity index (χ0n) is 15.0. The van der Waals surface area contributed by atoms with E-state index in [2.05, 4.69) is 49.9 Å². The number of thiazole rings is 1. The van der Waals surface area contributed by atoms with Crippen LogP contribution in [0.2, 0.25) is 0 Å². The molecule has 0 aliphatic carbocycles. The summed E-state index contributed by atoms with van der Waals surface area (Å²) in [7, 11) is 1.82. The van der Waals surface area contributed by atoms with Gasteiger partial charge in [-0.2, -0.15) is 0 Å². The number of rotatable bonds is 7. The topological polar surface area (TPSA) is 52.6 Å². The second kappa shape index (κ2) is 9.31. The molecule has 1 unspecified atom stereocenters. The van der Waals surface area contributed by atoms with Gasteiger partial charge < -0.3 is 10.6 Å². The van der Waals surface area contributed by atoms with Crippen LogP contribution in [0.1, 0.15) is 40.6 Å². The van der Waals surface area contributed by atoms with Crippen molar-refractivity contribution in [3.63, 3.8) is 0 Å². The van der Waals surface area contributed by atoms with E-state index in [1.165, 1.54) is 35.7 Å². The highest BCUT2D eigenvalue weighted by molar-refractivity contribution is 7.11. The van der Waals surface area contributed by atoms with Crippen molar-refractivity contribution in [3.05, 3.63) is 38.5 Å². The van der Waals surface area contributed by atoms with E-state index in [4.69, 9.17) is 0 Å². The van der Waals surface area contributed by atoms with Gasteiger partial charge in [0.2, 0.25) is 0 Å². The summed E-state index contributed by atoms with van der Waals surface area (Å²) in [6.45, 7) is 6.13. The van der Waals surface area contributed by atoms with Gasteiger partial charge in [0.1, 0.15) is 5.01 Å². The number of aliphatic imine (C=N–C) groups is 1. The fraction of sp³-hybridized carbons (Fsp3) is 0.556. The van der Waals surface area contributed by atoms with E-state index in [1.54, 1.807) is 11.3 Å². The number of nitrogens with one attached hydrogen (secondary N) is 2. The molecule has 2 N–H and O–H groups in total. The van der Waals surface area contributed by atoms with Crippen LogP contribution in [-0.4, -0.2) is 42.5 Å². The SMILES string of the molecule is CCc1cnc(CNC(=NC)NCC(c2cccs2)N2CCCC2)s1. The lowest BCUT2D eigenvalue weighted by molar-refractivity contribution is 0.249. The predicted molar refractivity (Wildman–Crippen MR) is 108 cm³/mol. The van der Waals surface area contributed by atoms with E-state index in [1.807, 2.05) is 24.6 Å². The summed E-state index contributed by atoms with van der Waals surface area (Å²) in [6.07, 6.45) is 5.62. The first kappa shape index (κ1) is 18.4. The van der Waals surface area contributed by atoms with Crippen LogP contribution in [0.5, 0.6) is 0 Å². The number of aryl methyl sites for hydroxylation is 1. The summed E-state index contributed by atoms with van der Waals surface area (Å²) < 4.78 is 0. The molecule has 1 atom stereocenters. The first-order valence-corrected chi connectivity index (χ1v) is 10.6. The van der Waals surface area contributed by atoms with Crippen LogP contribution < -0.4 is 10.6 Å². The molecule has 2 aromatic rings. The van der Waals surface area contributed by atoms with Crippen molar-refractivity contribution in [3.8, 4) is 0 Å². The van der Waals surface area contributed by atoms with Gasteiger partial charge >= 0.3 is 0 Å². The van der Waals surface area contributed by atoms with Crippen molar-refractivity contribution in [2.24, 2.45) is 4.99 Å². The molecule has 25 heavy (non-hydrogen) atoms. The fourth-order valence-electron chi connectivity index (χ4n) is 3.11. The zero-order valence-corrected chi connectivity index (χ0v) is 16.6. The maximum Gasteiger partial charge on any atom is 0.191 e. The fourth-order valence-corrected chi connectivity index (χ4v) is 4.77. The van der Waals surface area contributed by atoms with Crippen LogP contribution in [0.4, 0.5) is 0 Å². The second-order valence-corrected chi connectivity index (χ2v) is 8.33. The molecule has 2 aromatic heterocycles. The summed E-state index contributed by atoms with van der Waals surface area (Å²) in [6, 6.07) is 4.81. The Kier molecular flexibility index (Phi) is 6.84. The molecule has 3 heterocycles. The van der Waals surface area contributed by atoms with Gasteiger partial charge in [-0.05, 0) is 43.8 Å². The monoisotopic (exact) mass is 377 g/mol. The predicted octanol–water partition coefficient (Wildman–Crippen LogP) is 3.27. The van der Waals surface area contributed by atoms with E-state index in [9.17, 15) is 0 Å². The third-order valence-electron chi connectivity index (χ3n) is 4.50. The number of hydrogen-bond donors (Lipinski definition) is 2. The third-order valence-corrected chi connectivity index (χ3v) is 6.61. The van der Waals surface area contributed by atoms with E-state index in [0.29, 0.717) is 6.04 Å². The van der Waals surface area contributed by atoms with Crippen molar-refractivity contribution in [2.75, 3.05) is 26.7 Å². The highest BCUT2D eigenvalue weighted by Crippen LogP contribution is 2.27. The molecule has 0 radical (unpaired) electrons. The van der Waals surface area contributed by atoms with Crippen molar-refractivity contribution in [1.29, 1.82) is 0 Å². The summed E-state index contributed by atoms with van der Waals surface area (Å²) in [5.41, 5.74) is 0. The largest absolute Gasteiger partial charge is 0.354 e. The van der Waals surface area contributed by atoms with Gasteiger partial charge in [-0.25, -0.2) is 4.98 Å². The van der Waals surface area contributed by atoms with Gasteiger partial charge in [-0.15, -0.1) is 22.7 Å². The Balaban J connectivity index is 1.54. The lowest BCUT2D eigenvalue weighted by Gasteiger charge is -2.27. The minimum absolute atomic E-state index is 0.424. The lowest BCUT2D eigenvalue weighted by atomic mass is 10.2. The molecule has 1 aliphatic rings. The molecule has 7 heteroatoms. The third kappa shape index (κ3) is 5.03. The molecule has 1 aliphatic heterocycles. The Bertz CT molecular complexity index is 659. The molecule has 0 saturated carbocycles. The minimum Gasteiger partial charge on any atom is -0.354 e. The summed E-state index contributed by atoms with van der Waals surface area (Å²) in [5.74, 6) is 0.842. The molecule has 0 bridgehead atoms. The summed E-state index contributed by atoms with van der Waals surface area (Å²) in [4.78, 5) is 14.2. The van der Waals surface area contributed by atoms with Crippen molar-refractivity contribution < 1.29 is 0 Å². The first-order chi connectivity index (χ1) is 12.3. The molecule has 0 amide bonds. The normalized spacial score (nSPS) is 17.0. The molecule has 0 aromatic carbocycles. The average Bonchev–Trinajstić information content (AvgIpc) is 3.40. The molecule has 136 valence electrons. The molecule has 1 fully saturated rings. The Morgan fingerprint density at radius 1 is 1.36 bits per heavy atom. The quantitative estimate of drug-likeness (QED) is 0.574. The molecule has 0 spiro atoms. The molecular formula is C18H27N5S2. The molecule has 1 saturated heterocycles. The number of guanidine groups is 1. The Hall–Kier alpha value is -1.44. The van der Waals surface area contributed by atoms with Crippen LogP contribution in [0.3, 0.4) is 0 Å². The number of nitrogens with zero attached hydrogens (tertiary/aromatic N) is 3. The Morgan fingerprint density at radius 3 is 2.84 bits per heavy atom. The highest BCUT2D eigenvalue weighted by atomic mass is 32.1. The van der Waals surface area contributed by atoms with Crippen LogP contribution in [-0.2, 0) is 13.0 Å². The van der Waals surface area contributed by atoms with Crippen LogP contribution in [0.25, 0.3) is 0 Å². The van der Waals surface area contributed by atoms with Crippen molar-refractivity contribution in [1.82, 2.24) is 20.5 Å². The summed E-state index contributed by atoms with van der Waals surface area (Å²) >= 11 is 3.61. The van der Waals surface area contributed by atoms with Crippen molar-refractivity contribution >= 4 is 28.6 Å². The van der Waals surface area contributed by atoms with Gasteiger partial charge in [0, 0.05) is 29.5 Å². The summed E-state index contributed by atoms with van der Waals surface area (Å²) in [5, 5.41) is 10.2. The lowest BCUT2D eigenvalue weighted by Crippen LogP contribution is -2.42.